The highest BCUT2D eigenvalue weighted by Crippen LogP contribution is 2.38. The second kappa shape index (κ2) is 6.28. The molecule has 1 saturated carbocycles. The maximum atomic E-state index is 9.95. The van der Waals surface area contributed by atoms with E-state index >= 15 is 0 Å². The SMILES string of the molecule is OCCC#Cc1ccc(CN2CC3CCC(O)C3C2)s1. The van der Waals surface area contributed by atoms with Gasteiger partial charge in [0.15, 0.2) is 0 Å². The summed E-state index contributed by atoms with van der Waals surface area (Å²) in [6, 6.07) is 4.22. The quantitative estimate of drug-likeness (QED) is 0.833. The number of aliphatic hydroxyl groups excluding tert-OH is 2. The molecule has 1 aliphatic carbocycles. The first kappa shape index (κ1) is 14.1. The lowest BCUT2D eigenvalue weighted by Crippen LogP contribution is -2.24. The van der Waals surface area contributed by atoms with E-state index in [0.717, 1.165) is 30.9 Å². The average Bonchev–Trinajstić information content (AvgIpc) is 3.10. The van der Waals surface area contributed by atoms with Crippen molar-refractivity contribution in [3.8, 4) is 11.8 Å². The van der Waals surface area contributed by atoms with Crippen molar-refractivity contribution in [2.45, 2.75) is 31.9 Å². The minimum Gasteiger partial charge on any atom is -0.395 e. The standard InChI is InChI=1S/C16H21NO2S/c18-8-2-1-3-13-5-6-14(20-13)10-17-9-12-4-7-16(19)15(12)11-17/h5-6,12,15-16,18-19H,2,4,7-11H2. The molecule has 1 aromatic rings. The average molecular weight is 291 g/mol. The van der Waals surface area contributed by atoms with Gasteiger partial charge in [0.2, 0.25) is 0 Å². The van der Waals surface area contributed by atoms with Gasteiger partial charge in [0.1, 0.15) is 0 Å². The van der Waals surface area contributed by atoms with Crippen molar-refractivity contribution in [3.05, 3.63) is 21.9 Å². The lowest BCUT2D eigenvalue weighted by atomic mass is 10.00. The first-order chi connectivity index (χ1) is 9.76. The van der Waals surface area contributed by atoms with Gasteiger partial charge in [-0.2, -0.15) is 0 Å². The van der Waals surface area contributed by atoms with E-state index in [0.29, 0.717) is 18.3 Å². The van der Waals surface area contributed by atoms with Gasteiger partial charge in [0.25, 0.3) is 0 Å². The van der Waals surface area contributed by atoms with Crippen LogP contribution in [0.25, 0.3) is 0 Å². The molecule has 3 nitrogen and oxygen atoms in total. The summed E-state index contributed by atoms with van der Waals surface area (Å²) in [6.45, 7) is 3.27. The summed E-state index contributed by atoms with van der Waals surface area (Å²) in [4.78, 5) is 4.88. The molecule has 0 bridgehead atoms. The highest BCUT2D eigenvalue weighted by atomic mass is 32.1. The predicted molar refractivity (Wildman–Crippen MR) is 80.4 cm³/mol. The highest BCUT2D eigenvalue weighted by Gasteiger charge is 2.41. The normalized spacial score (nSPS) is 29.2. The first-order valence-corrected chi connectivity index (χ1v) is 8.17. The Hall–Kier alpha value is -0.860. The van der Waals surface area contributed by atoms with E-state index in [9.17, 15) is 5.11 Å². The second-order valence-electron chi connectivity index (χ2n) is 5.80. The number of aliphatic hydroxyl groups is 2. The van der Waals surface area contributed by atoms with Crippen LogP contribution in [0.5, 0.6) is 0 Å². The van der Waals surface area contributed by atoms with E-state index in [4.69, 9.17) is 5.11 Å². The predicted octanol–water partition coefficient (Wildman–Crippen LogP) is 1.68. The summed E-state index contributed by atoms with van der Waals surface area (Å²) in [6.07, 6.45) is 2.64. The molecule has 20 heavy (non-hydrogen) atoms. The molecule has 1 saturated heterocycles. The van der Waals surface area contributed by atoms with Crippen LogP contribution < -0.4 is 0 Å². The molecule has 1 aliphatic heterocycles. The molecule has 1 aromatic heterocycles. The van der Waals surface area contributed by atoms with E-state index < -0.39 is 0 Å². The van der Waals surface area contributed by atoms with Crippen LogP contribution in [-0.4, -0.2) is 40.9 Å². The molecule has 3 rings (SSSR count). The van der Waals surface area contributed by atoms with Crippen LogP contribution in [0.1, 0.15) is 29.0 Å². The van der Waals surface area contributed by atoms with Crippen LogP contribution in [0.3, 0.4) is 0 Å². The van der Waals surface area contributed by atoms with Crippen LogP contribution in [0.4, 0.5) is 0 Å². The molecule has 0 aromatic carbocycles. The van der Waals surface area contributed by atoms with Gasteiger partial charge in [-0.3, -0.25) is 4.90 Å². The van der Waals surface area contributed by atoms with E-state index in [1.54, 1.807) is 11.3 Å². The van der Waals surface area contributed by atoms with Crippen molar-refractivity contribution >= 4 is 11.3 Å². The van der Waals surface area contributed by atoms with Gasteiger partial charge in [0, 0.05) is 36.9 Å². The summed E-state index contributed by atoms with van der Waals surface area (Å²) in [7, 11) is 0. The Bertz CT molecular complexity index is 516. The highest BCUT2D eigenvalue weighted by molar-refractivity contribution is 7.12. The molecule has 3 atom stereocenters. The van der Waals surface area contributed by atoms with Crippen LogP contribution in [0, 0.1) is 23.7 Å². The Morgan fingerprint density at radius 2 is 2.20 bits per heavy atom. The Morgan fingerprint density at radius 3 is 3.00 bits per heavy atom. The number of hydrogen-bond acceptors (Lipinski definition) is 4. The number of fused-ring (bicyclic) bond motifs is 1. The number of rotatable bonds is 3. The minimum absolute atomic E-state index is 0.0757. The lowest BCUT2D eigenvalue weighted by Gasteiger charge is -2.16. The summed E-state index contributed by atoms with van der Waals surface area (Å²) in [5.41, 5.74) is 0. The first-order valence-electron chi connectivity index (χ1n) is 7.35. The van der Waals surface area contributed by atoms with Gasteiger partial charge in [0.05, 0.1) is 17.6 Å². The monoisotopic (exact) mass is 291 g/mol. The van der Waals surface area contributed by atoms with Crippen LogP contribution in [-0.2, 0) is 6.54 Å². The largest absolute Gasteiger partial charge is 0.395 e. The van der Waals surface area contributed by atoms with Crippen LogP contribution in [0.15, 0.2) is 12.1 Å². The number of likely N-dealkylation sites (tertiary alicyclic amines) is 1. The van der Waals surface area contributed by atoms with E-state index in [-0.39, 0.29) is 12.7 Å². The van der Waals surface area contributed by atoms with Crippen molar-refractivity contribution < 1.29 is 10.2 Å². The van der Waals surface area contributed by atoms with Gasteiger partial charge < -0.3 is 10.2 Å². The van der Waals surface area contributed by atoms with Crippen molar-refractivity contribution in [1.29, 1.82) is 0 Å². The van der Waals surface area contributed by atoms with Gasteiger partial charge in [-0.05, 0) is 30.9 Å². The maximum absolute atomic E-state index is 9.95. The lowest BCUT2D eigenvalue weighted by molar-refractivity contribution is 0.123. The van der Waals surface area contributed by atoms with Crippen molar-refractivity contribution in [1.82, 2.24) is 4.90 Å². The third-order valence-electron chi connectivity index (χ3n) is 4.38. The van der Waals surface area contributed by atoms with E-state index in [1.165, 1.54) is 11.3 Å². The van der Waals surface area contributed by atoms with Crippen molar-refractivity contribution in [2.75, 3.05) is 19.7 Å². The summed E-state index contributed by atoms with van der Waals surface area (Å²) in [5.74, 6) is 7.25. The maximum Gasteiger partial charge on any atom is 0.0771 e. The minimum atomic E-state index is -0.0757. The molecule has 2 N–H and O–H groups in total. The molecule has 0 amide bonds. The molecule has 2 heterocycles. The van der Waals surface area contributed by atoms with Gasteiger partial charge in [-0.15, -0.1) is 11.3 Å². The fourth-order valence-corrected chi connectivity index (χ4v) is 4.34. The molecule has 4 heteroatoms. The molecule has 2 fully saturated rings. The van der Waals surface area contributed by atoms with E-state index in [1.807, 2.05) is 0 Å². The Labute approximate surface area is 124 Å². The molecule has 3 unspecified atom stereocenters. The third-order valence-corrected chi connectivity index (χ3v) is 5.37. The molecular weight excluding hydrogens is 270 g/mol. The smallest absolute Gasteiger partial charge is 0.0771 e. The third kappa shape index (κ3) is 3.07. The Balaban J connectivity index is 1.56. The van der Waals surface area contributed by atoms with E-state index in [2.05, 4.69) is 28.9 Å². The molecular formula is C16H21NO2S. The molecule has 108 valence electrons. The summed E-state index contributed by atoms with van der Waals surface area (Å²) in [5, 5.41) is 18.7. The zero-order valence-electron chi connectivity index (χ0n) is 11.6. The van der Waals surface area contributed by atoms with Crippen LogP contribution in [0.2, 0.25) is 0 Å². The summed E-state index contributed by atoms with van der Waals surface area (Å²) >= 11 is 1.74. The number of thiophene rings is 1. The van der Waals surface area contributed by atoms with Gasteiger partial charge >= 0.3 is 0 Å². The Morgan fingerprint density at radius 1 is 1.30 bits per heavy atom. The molecule has 2 aliphatic rings. The summed E-state index contributed by atoms with van der Waals surface area (Å²) < 4.78 is 0. The van der Waals surface area contributed by atoms with Crippen molar-refractivity contribution in [2.24, 2.45) is 11.8 Å². The fourth-order valence-electron chi connectivity index (χ4n) is 3.41. The Kier molecular flexibility index (Phi) is 4.42. The van der Waals surface area contributed by atoms with Crippen molar-refractivity contribution in [3.63, 3.8) is 0 Å². The zero-order chi connectivity index (χ0) is 13.9. The second-order valence-corrected chi connectivity index (χ2v) is 6.97. The molecule has 0 spiro atoms. The zero-order valence-corrected chi connectivity index (χ0v) is 12.4. The van der Waals surface area contributed by atoms with Gasteiger partial charge in [-0.1, -0.05) is 11.8 Å². The molecule has 0 radical (unpaired) electrons. The topological polar surface area (TPSA) is 43.7 Å². The van der Waals surface area contributed by atoms with Crippen LogP contribution >= 0.6 is 11.3 Å². The number of hydrogen-bond donors (Lipinski definition) is 2. The number of nitrogens with zero attached hydrogens (tertiary/aromatic N) is 1. The van der Waals surface area contributed by atoms with Gasteiger partial charge in [-0.25, -0.2) is 0 Å². The fraction of sp³-hybridized carbons (Fsp3) is 0.625.